The Bertz CT molecular complexity index is 938. The van der Waals surface area contributed by atoms with E-state index in [4.69, 9.17) is 9.47 Å². The van der Waals surface area contributed by atoms with Gasteiger partial charge in [-0.05, 0) is 61.7 Å². The predicted molar refractivity (Wildman–Crippen MR) is 106 cm³/mol. The maximum Gasteiger partial charge on any atom is 0.309 e. The van der Waals surface area contributed by atoms with Crippen molar-refractivity contribution in [3.05, 3.63) is 59.9 Å². The van der Waals surface area contributed by atoms with Crippen LogP contribution in [0.3, 0.4) is 0 Å². The van der Waals surface area contributed by atoms with Crippen LogP contribution < -0.4 is 4.74 Å². The van der Waals surface area contributed by atoms with Gasteiger partial charge in [-0.2, -0.15) is 4.31 Å². The van der Waals surface area contributed by atoms with Crippen LogP contribution in [0.4, 0.5) is 4.39 Å². The zero-order valence-electron chi connectivity index (χ0n) is 16.2. The van der Waals surface area contributed by atoms with E-state index < -0.39 is 15.8 Å². The number of benzene rings is 2. The van der Waals surface area contributed by atoms with E-state index in [0.717, 1.165) is 23.4 Å². The molecule has 0 radical (unpaired) electrons. The molecule has 2 aromatic rings. The number of hydrogen-bond donors (Lipinski definition) is 0. The second kappa shape index (κ2) is 9.37. The number of piperidine rings is 1. The van der Waals surface area contributed by atoms with Gasteiger partial charge in [-0.15, -0.1) is 0 Å². The third-order valence-corrected chi connectivity index (χ3v) is 6.74. The highest BCUT2D eigenvalue weighted by Gasteiger charge is 2.32. The summed E-state index contributed by atoms with van der Waals surface area (Å²) in [6.07, 6.45) is 0.774. The van der Waals surface area contributed by atoms with E-state index in [1.165, 1.54) is 16.4 Å². The van der Waals surface area contributed by atoms with Gasteiger partial charge < -0.3 is 9.47 Å². The Morgan fingerprint density at radius 2 is 1.79 bits per heavy atom. The van der Waals surface area contributed by atoms with Crippen molar-refractivity contribution in [3.8, 4) is 5.75 Å². The Morgan fingerprint density at radius 3 is 2.45 bits per heavy atom. The molecule has 1 saturated heterocycles. The van der Waals surface area contributed by atoms with Crippen LogP contribution in [0.15, 0.2) is 53.4 Å². The molecule has 0 bridgehead atoms. The number of carbonyl (C=O) groups excluding carboxylic acids is 1. The van der Waals surface area contributed by atoms with Gasteiger partial charge >= 0.3 is 5.97 Å². The molecule has 0 N–H and O–H groups in total. The summed E-state index contributed by atoms with van der Waals surface area (Å²) >= 11 is 0. The topological polar surface area (TPSA) is 72.9 Å². The van der Waals surface area contributed by atoms with Crippen LogP contribution in [0.1, 0.15) is 18.4 Å². The number of hydrogen-bond acceptors (Lipinski definition) is 5. The molecule has 0 saturated carbocycles. The monoisotopic (exact) mass is 421 g/mol. The number of carbonyl (C=O) groups is 1. The van der Waals surface area contributed by atoms with Gasteiger partial charge in [0.05, 0.1) is 10.8 Å². The second-order valence-corrected chi connectivity index (χ2v) is 8.90. The first-order chi connectivity index (χ1) is 13.9. The van der Waals surface area contributed by atoms with Crippen molar-refractivity contribution >= 4 is 16.0 Å². The zero-order valence-corrected chi connectivity index (χ0v) is 17.0. The van der Waals surface area contributed by atoms with E-state index in [0.29, 0.717) is 12.8 Å². The van der Waals surface area contributed by atoms with Crippen LogP contribution >= 0.6 is 0 Å². The van der Waals surface area contributed by atoms with E-state index >= 15 is 0 Å². The molecule has 1 heterocycles. The van der Waals surface area contributed by atoms with Crippen molar-refractivity contribution in [3.63, 3.8) is 0 Å². The number of nitrogens with zero attached hydrogens (tertiary/aromatic N) is 1. The highest BCUT2D eigenvalue weighted by atomic mass is 32.2. The fourth-order valence-corrected chi connectivity index (χ4v) is 4.68. The van der Waals surface area contributed by atoms with E-state index in [1.807, 2.05) is 31.2 Å². The molecule has 0 aromatic heterocycles. The fourth-order valence-electron chi connectivity index (χ4n) is 3.21. The molecule has 0 atom stereocenters. The molecular formula is C21H24FNO5S. The molecule has 1 aliphatic rings. The Kier molecular flexibility index (Phi) is 6.87. The molecule has 8 heteroatoms. The molecule has 1 fully saturated rings. The number of halogens is 1. The SMILES string of the molecule is Cc1cccc(OCCOC(=O)C2CCN(S(=O)(=O)c3ccc(F)cc3)CC2)c1. The minimum absolute atomic E-state index is 0.0493. The quantitative estimate of drug-likeness (QED) is 0.507. The summed E-state index contributed by atoms with van der Waals surface area (Å²) in [6.45, 7) is 2.81. The number of esters is 1. The molecule has 1 aliphatic heterocycles. The molecular weight excluding hydrogens is 397 g/mol. The molecule has 0 aliphatic carbocycles. The molecule has 0 unspecified atom stereocenters. The van der Waals surface area contributed by atoms with E-state index in [1.54, 1.807) is 0 Å². The summed E-state index contributed by atoms with van der Waals surface area (Å²) in [5.74, 6) is -0.442. The minimum Gasteiger partial charge on any atom is -0.490 e. The number of aryl methyl sites for hydroxylation is 1. The third-order valence-electron chi connectivity index (χ3n) is 4.82. The first kappa shape index (κ1) is 21.3. The molecule has 156 valence electrons. The summed E-state index contributed by atoms with van der Waals surface area (Å²) in [5, 5.41) is 0. The molecule has 0 spiro atoms. The van der Waals surface area contributed by atoms with Crippen LogP contribution in [-0.2, 0) is 19.6 Å². The van der Waals surface area contributed by atoms with Gasteiger partial charge in [-0.3, -0.25) is 4.79 Å². The minimum atomic E-state index is -3.69. The average molecular weight is 421 g/mol. The highest BCUT2D eigenvalue weighted by Crippen LogP contribution is 2.24. The molecule has 6 nitrogen and oxygen atoms in total. The average Bonchev–Trinajstić information content (AvgIpc) is 2.71. The van der Waals surface area contributed by atoms with Crippen LogP contribution in [-0.4, -0.2) is 45.0 Å². The number of rotatable bonds is 7. The lowest BCUT2D eigenvalue weighted by molar-refractivity contribution is -0.150. The summed E-state index contributed by atoms with van der Waals surface area (Å²) in [7, 11) is -3.69. The lowest BCUT2D eigenvalue weighted by Gasteiger charge is -2.30. The Hall–Kier alpha value is -2.45. The number of sulfonamides is 1. The van der Waals surface area contributed by atoms with Gasteiger partial charge in [-0.25, -0.2) is 12.8 Å². The maximum atomic E-state index is 13.0. The molecule has 2 aromatic carbocycles. The number of ether oxygens (including phenoxy) is 2. The first-order valence-electron chi connectivity index (χ1n) is 9.48. The van der Waals surface area contributed by atoms with Crippen molar-refractivity contribution in [2.45, 2.75) is 24.7 Å². The summed E-state index contributed by atoms with van der Waals surface area (Å²) in [4.78, 5) is 12.3. The van der Waals surface area contributed by atoms with Gasteiger partial charge in [-0.1, -0.05) is 12.1 Å². The summed E-state index contributed by atoms with van der Waals surface area (Å²) in [6, 6.07) is 12.3. The lowest BCUT2D eigenvalue weighted by Crippen LogP contribution is -2.40. The third kappa shape index (κ3) is 5.55. The fraction of sp³-hybridized carbons (Fsp3) is 0.381. The summed E-state index contributed by atoms with van der Waals surface area (Å²) < 4.78 is 50.4. The lowest BCUT2D eigenvalue weighted by atomic mass is 9.98. The van der Waals surface area contributed by atoms with Crippen LogP contribution in [0.5, 0.6) is 5.75 Å². The summed E-state index contributed by atoms with van der Waals surface area (Å²) in [5.41, 5.74) is 1.09. The van der Waals surface area contributed by atoms with Gasteiger partial charge in [0.1, 0.15) is 24.8 Å². The Morgan fingerprint density at radius 1 is 1.10 bits per heavy atom. The normalized spacial score (nSPS) is 15.8. The molecule has 29 heavy (non-hydrogen) atoms. The molecule has 3 rings (SSSR count). The predicted octanol–water partition coefficient (Wildman–Crippen LogP) is 3.16. The van der Waals surface area contributed by atoms with Crippen LogP contribution in [0, 0.1) is 18.7 Å². The highest BCUT2D eigenvalue weighted by molar-refractivity contribution is 7.89. The Labute approximate surface area is 170 Å². The van der Waals surface area contributed by atoms with E-state index in [-0.39, 0.29) is 43.1 Å². The van der Waals surface area contributed by atoms with Crippen molar-refractivity contribution in [1.82, 2.24) is 4.31 Å². The smallest absolute Gasteiger partial charge is 0.309 e. The molecule has 0 amide bonds. The maximum absolute atomic E-state index is 13.0. The van der Waals surface area contributed by atoms with Gasteiger partial charge in [0.25, 0.3) is 0 Å². The van der Waals surface area contributed by atoms with Crippen molar-refractivity contribution in [2.75, 3.05) is 26.3 Å². The Balaban J connectivity index is 1.44. The van der Waals surface area contributed by atoms with Crippen molar-refractivity contribution in [1.29, 1.82) is 0 Å². The first-order valence-corrected chi connectivity index (χ1v) is 10.9. The largest absolute Gasteiger partial charge is 0.490 e. The van der Waals surface area contributed by atoms with Gasteiger partial charge in [0.15, 0.2) is 0 Å². The van der Waals surface area contributed by atoms with E-state index in [9.17, 15) is 17.6 Å². The van der Waals surface area contributed by atoms with Crippen molar-refractivity contribution < 1.29 is 27.1 Å². The zero-order chi connectivity index (χ0) is 20.9. The van der Waals surface area contributed by atoms with Crippen molar-refractivity contribution in [2.24, 2.45) is 5.92 Å². The standard InChI is InChI=1S/C21H24FNO5S/c1-16-3-2-4-19(15-16)27-13-14-28-21(24)17-9-11-23(12-10-17)29(25,26)20-7-5-18(22)6-8-20/h2-8,15,17H,9-14H2,1H3. The van der Waals surface area contributed by atoms with Gasteiger partial charge in [0.2, 0.25) is 10.0 Å². The second-order valence-electron chi connectivity index (χ2n) is 6.96. The van der Waals surface area contributed by atoms with Crippen LogP contribution in [0.2, 0.25) is 0 Å². The van der Waals surface area contributed by atoms with Crippen LogP contribution in [0.25, 0.3) is 0 Å². The van der Waals surface area contributed by atoms with Gasteiger partial charge in [0, 0.05) is 13.1 Å². The van der Waals surface area contributed by atoms with E-state index in [2.05, 4.69) is 0 Å².